The molecule has 2 nitrogen and oxygen atoms in total. The average Bonchev–Trinajstić information content (AvgIpc) is 2.97. The molecule has 5 aliphatic carbocycles. The van der Waals surface area contributed by atoms with E-state index in [0.717, 1.165) is 37.0 Å². The molecule has 1 unspecified atom stereocenters. The van der Waals surface area contributed by atoms with Gasteiger partial charge in [-0.05, 0) is 112 Å². The van der Waals surface area contributed by atoms with Crippen LogP contribution < -0.4 is 0 Å². The van der Waals surface area contributed by atoms with Crippen LogP contribution in [0.1, 0.15) is 78.1 Å². The van der Waals surface area contributed by atoms with Gasteiger partial charge >= 0.3 is 0 Å². The second-order valence-corrected chi connectivity index (χ2v) is 11.4. The molecule has 0 aromatic heterocycles. The van der Waals surface area contributed by atoms with Crippen LogP contribution in [-0.2, 0) is 0 Å². The van der Waals surface area contributed by atoms with E-state index in [1.165, 1.54) is 44.9 Å². The lowest BCUT2D eigenvalue weighted by Gasteiger charge is -2.64. The monoisotopic (exact) mass is 366 g/mol. The lowest BCUT2D eigenvalue weighted by atomic mass is 9.44. The van der Waals surface area contributed by atoms with Gasteiger partial charge in [0.05, 0.1) is 17.1 Å². The van der Waals surface area contributed by atoms with Gasteiger partial charge in [-0.2, -0.15) is 0 Å². The van der Waals surface area contributed by atoms with Gasteiger partial charge in [0.2, 0.25) is 0 Å². The van der Waals surface area contributed by atoms with Crippen molar-refractivity contribution in [2.24, 2.45) is 40.4 Å². The molecule has 0 aliphatic heterocycles. The number of fused-ring (bicyclic) bond motifs is 3. The average molecular weight is 367 g/mol. The fourth-order valence-corrected chi connectivity index (χ4v) is 10.00. The van der Waals surface area contributed by atoms with Crippen LogP contribution in [0.25, 0.3) is 0 Å². The van der Waals surface area contributed by atoms with Crippen molar-refractivity contribution in [2.45, 2.75) is 95.1 Å². The Morgan fingerprint density at radius 3 is 2.52 bits per heavy atom. The molecule has 0 heterocycles. The van der Waals surface area contributed by atoms with Crippen molar-refractivity contribution in [1.29, 1.82) is 0 Å². The van der Waals surface area contributed by atoms with Gasteiger partial charge in [0.25, 0.3) is 0 Å². The lowest BCUT2D eigenvalue weighted by Crippen LogP contribution is -2.61. The van der Waals surface area contributed by atoms with E-state index in [1.54, 1.807) is 0 Å². The Kier molecular flexibility index (Phi) is 3.73. The van der Waals surface area contributed by atoms with Gasteiger partial charge in [-0.25, -0.2) is 0 Å². The zero-order valence-corrected chi connectivity index (χ0v) is 16.6. The maximum Gasteiger partial charge on any atom is 0.0558 e. The molecule has 0 saturated heterocycles. The van der Waals surface area contributed by atoms with Crippen molar-refractivity contribution < 1.29 is 10.2 Å². The number of hydrogen-bond donors (Lipinski definition) is 2. The van der Waals surface area contributed by atoms with Crippen LogP contribution in [0.5, 0.6) is 0 Å². The van der Waals surface area contributed by atoms with E-state index in [1.807, 2.05) is 6.92 Å². The van der Waals surface area contributed by atoms with Crippen LogP contribution in [0.4, 0.5) is 0 Å². The topological polar surface area (TPSA) is 40.5 Å². The molecule has 0 aromatic rings. The molecule has 3 heteroatoms. The summed E-state index contributed by atoms with van der Waals surface area (Å²) in [7, 11) is 0. The van der Waals surface area contributed by atoms with E-state index in [4.69, 9.17) is 11.6 Å². The molecule has 142 valence electrons. The van der Waals surface area contributed by atoms with Crippen molar-refractivity contribution in [2.75, 3.05) is 0 Å². The van der Waals surface area contributed by atoms with Gasteiger partial charge in [-0.15, -0.1) is 11.6 Å². The second-order valence-electron chi connectivity index (χ2n) is 10.7. The molecule has 5 aliphatic rings. The van der Waals surface area contributed by atoms with Gasteiger partial charge in [0.1, 0.15) is 0 Å². The minimum absolute atomic E-state index is 0.123. The number of aliphatic hydroxyl groups excluding tert-OH is 2. The predicted octanol–water partition coefficient (Wildman–Crippen LogP) is 4.75. The molecule has 0 spiro atoms. The zero-order valence-electron chi connectivity index (χ0n) is 15.9. The third-order valence-corrected chi connectivity index (χ3v) is 11.1. The van der Waals surface area contributed by atoms with E-state index in [-0.39, 0.29) is 17.1 Å². The van der Waals surface area contributed by atoms with E-state index in [2.05, 4.69) is 6.92 Å². The summed E-state index contributed by atoms with van der Waals surface area (Å²) in [6.45, 7) is 4.50. The van der Waals surface area contributed by atoms with E-state index in [9.17, 15) is 10.2 Å². The second kappa shape index (κ2) is 5.39. The van der Waals surface area contributed by atoms with Crippen molar-refractivity contribution in [1.82, 2.24) is 0 Å². The van der Waals surface area contributed by atoms with Crippen molar-refractivity contribution in [3.8, 4) is 0 Å². The molecule has 5 fully saturated rings. The van der Waals surface area contributed by atoms with Gasteiger partial charge < -0.3 is 10.2 Å². The Morgan fingerprint density at radius 2 is 1.76 bits per heavy atom. The first-order chi connectivity index (χ1) is 11.8. The highest BCUT2D eigenvalue weighted by molar-refractivity contribution is 6.25. The smallest absolute Gasteiger partial charge is 0.0558 e. The summed E-state index contributed by atoms with van der Waals surface area (Å²) >= 11 is 7.40. The fourth-order valence-electron chi connectivity index (χ4n) is 9.29. The summed E-state index contributed by atoms with van der Waals surface area (Å²) < 4.78 is 0. The number of halogens is 1. The number of hydrogen-bond acceptors (Lipinski definition) is 2. The molecule has 0 amide bonds. The van der Waals surface area contributed by atoms with E-state index >= 15 is 0 Å². The van der Waals surface area contributed by atoms with Crippen LogP contribution in [0, 0.1) is 40.4 Å². The fraction of sp³-hybridized carbons (Fsp3) is 1.00. The summed E-state index contributed by atoms with van der Waals surface area (Å²) in [6.07, 6.45) is 11.6. The molecule has 2 bridgehead atoms. The van der Waals surface area contributed by atoms with Crippen molar-refractivity contribution in [3.63, 3.8) is 0 Å². The highest BCUT2D eigenvalue weighted by Gasteiger charge is 2.71. The number of rotatable bonds is 1. The van der Waals surface area contributed by atoms with E-state index < -0.39 is 0 Å². The molecule has 5 saturated carbocycles. The third-order valence-electron chi connectivity index (χ3n) is 10.2. The Labute approximate surface area is 157 Å². The minimum Gasteiger partial charge on any atom is -0.393 e. The first-order valence-electron chi connectivity index (χ1n) is 10.9. The van der Waals surface area contributed by atoms with Crippen LogP contribution in [0.3, 0.4) is 0 Å². The van der Waals surface area contributed by atoms with Gasteiger partial charge in [0.15, 0.2) is 0 Å². The Hall–Kier alpha value is 0.210. The molecule has 2 N–H and O–H groups in total. The first-order valence-corrected chi connectivity index (χ1v) is 11.2. The van der Waals surface area contributed by atoms with Gasteiger partial charge in [-0.3, -0.25) is 0 Å². The molecule has 0 aromatic carbocycles. The van der Waals surface area contributed by atoms with E-state index in [0.29, 0.717) is 22.7 Å². The standard InChI is InChI=1S/C22H35ClO2/c1-13(24)17-3-4-18-16-11-14-5-9-21(19(16)7-8-20(17,18)2)10-6-15(25)12-22(14,21)23/h13-19,24-25H,3-12H2,1-2H3/t13?,14-,15+,16+,17-,18+,19+,20-,21-,22+/m1/s1. The van der Waals surface area contributed by atoms with Crippen LogP contribution >= 0.6 is 11.6 Å². The highest BCUT2D eigenvalue weighted by Crippen LogP contribution is 2.75. The van der Waals surface area contributed by atoms with Crippen LogP contribution in [-0.4, -0.2) is 27.3 Å². The quantitative estimate of drug-likeness (QED) is 0.657. The van der Waals surface area contributed by atoms with Crippen LogP contribution in [0.2, 0.25) is 0 Å². The number of aliphatic hydroxyl groups is 2. The summed E-state index contributed by atoms with van der Waals surface area (Å²) in [4.78, 5) is -0.123. The lowest BCUT2D eigenvalue weighted by molar-refractivity contribution is -0.125. The molecule has 0 radical (unpaired) electrons. The molecule has 25 heavy (non-hydrogen) atoms. The van der Waals surface area contributed by atoms with Crippen molar-refractivity contribution in [3.05, 3.63) is 0 Å². The Morgan fingerprint density at radius 1 is 1.00 bits per heavy atom. The maximum absolute atomic E-state index is 10.4. The normalized spacial score (nSPS) is 61.3. The number of alkyl halides is 1. The Balaban J connectivity index is 1.51. The van der Waals surface area contributed by atoms with Gasteiger partial charge in [0, 0.05) is 0 Å². The molecule has 10 atom stereocenters. The minimum atomic E-state index is -0.178. The largest absolute Gasteiger partial charge is 0.393 e. The van der Waals surface area contributed by atoms with Gasteiger partial charge in [-0.1, -0.05) is 6.92 Å². The molecular weight excluding hydrogens is 332 g/mol. The van der Waals surface area contributed by atoms with Crippen molar-refractivity contribution >= 4 is 11.6 Å². The highest BCUT2D eigenvalue weighted by atomic mass is 35.5. The molecular formula is C22H35ClO2. The summed E-state index contributed by atoms with van der Waals surface area (Å²) in [5.41, 5.74) is 0.636. The Bertz CT molecular complexity index is 564. The first kappa shape index (κ1) is 17.3. The maximum atomic E-state index is 10.4. The summed E-state index contributed by atoms with van der Waals surface area (Å²) in [5.74, 6) is 3.47. The summed E-state index contributed by atoms with van der Waals surface area (Å²) in [6, 6.07) is 0. The zero-order chi connectivity index (χ0) is 17.6. The molecule has 5 rings (SSSR count). The predicted molar refractivity (Wildman–Crippen MR) is 100 cm³/mol. The SMILES string of the molecule is CC(O)[C@H]1CC[C@H]2[C@@H]3C[C@H]4CC[C@@]5(CC[C@H](O)C[C@]45Cl)[C@H]3CC[C@]12C. The third kappa shape index (κ3) is 2.00. The summed E-state index contributed by atoms with van der Waals surface area (Å²) in [5, 5.41) is 20.7. The van der Waals surface area contributed by atoms with Crippen LogP contribution in [0.15, 0.2) is 0 Å².